The van der Waals surface area contributed by atoms with E-state index in [0.717, 1.165) is 33.9 Å². The van der Waals surface area contributed by atoms with Crippen LogP contribution in [0.4, 0.5) is 11.4 Å². The largest absolute Gasteiger partial charge is 0.497 e. The molecule has 5 rings (SSSR count). The van der Waals surface area contributed by atoms with Gasteiger partial charge in [-0.15, -0.1) is 0 Å². The summed E-state index contributed by atoms with van der Waals surface area (Å²) in [6, 6.07) is 31.8. The summed E-state index contributed by atoms with van der Waals surface area (Å²) in [5.74, 6) is 1.92. The van der Waals surface area contributed by atoms with Crippen LogP contribution in [0.3, 0.4) is 0 Å². The number of benzene rings is 4. The average Bonchev–Trinajstić information content (AvgIpc) is 2.78. The van der Waals surface area contributed by atoms with Crippen molar-refractivity contribution >= 4 is 43.9 Å². The summed E-state index contributed by atoms with van der Waals surface area (Å²) in [7, 11) is 1.69. The predicted molar refractivity (Wildman–Crippen MR) is 128 cm³/mol. The maximum absolute atomic E-state index is 5.34. The van der Waals surface area contributed by atoms with E-state index in [9.17, 15) is 0 Å². The smallest absolute Gasteiger partial charge is 0.119 e. The minimum Gasteiger partial charge on any atom is -0.497 e. The number of anilines is 1. The highest BCUT2D eigenvalue weighted by Gasteiger charge is 2.36. The summed E-state index contributed by atoms with van der Waals surface area (Å²) >= 11 is 3.49. The molecule has 4 aromatic rings. The Kier molecular flexibility index (Phi) is 5.01. The van der Waals surface area contributed by atoms with Crippen molar-refractivity contribution in [3.05, 3.63) is 101 Å². The van der Waals surface area contributed by atoms with Gasteiger partial charge in [0.05, 0.1) is 18.8 Å². The molecule has 0 bridgehead atoms. The molecule has 1 heterocycles. The van der Waals surface area contributed by atoms with Gasteiger partial charge < -0.3 is 9.64 Å². The average molecular weight is 457 g/mol. The molecule has 0 aliphatic carbocycles. The Labute approximate surface area is 184 Å². The number of hydrogen-bond acceptors (Lipinski definition) is 2. The van der Waals surface area contributed by atoms with Crippen molar-refractivity contribution in [1.29, 1.82) is 0 Å². The normalized spacial score (nSPS) is 17.2. The molecule has 4 aromatic carbocycles. The van der Waals surface area contributed by atoms with E-state index in [1.54, 1.807) is 7.11 Å². The molecule has 0 saturated carbocycles. The fourth-order valence-corrected chi connectivity index (χ4v) is 4.21. The van der Waals surface area contributed by atoms with E-state index >= 15 is 0 Å². The lowest BCUT2D eigenvalue weighted by atomic mass is 9.91. The van der Waals surface area contributed by atoms with Gasteiger partial charge >= 0.3 is 0 Å². The van der Waals surface area contributed by atoms with Gasteiger partial charge in [0.25, 0.3) is 0 Å². The van der Waals surface area contributed by atoms with Crippen LogP contribution in [0.1, 0.15) is 18.0 Å². The molecule has 1 aliphatic rings. The van der Waals surface area contributed by atoms with Crippen molar-refractivity contribution in [3.63, 3.8) is 0 Å². The Morgan fingerprint density at radius 1 is 0.867 bits per heavy atom. The molecule has 0 amide bonds. The zero-order chi connectivity index (χ0) is 20.5. The van der Waals surface area contributed by atoms with Crippen LogP contribution >= 0.6 is 15.9 Å². The lowest BCUT2D eigenvalue weighted by Gasteiger charge is -2.44. The van der Waals surface area contributed by atoms with Crippen molar-refractivity contribution in [2.45, 2.75) is 12.5 Å². The summed E-state index contributed by atoms with van der Waals surface area (Å²) in [6.45, 7) is 0. The number of methoxy groups -OCH3 is 1. The fourth-order valence-electron chi connectivity index (χ4n) is 3.95. The van der Waals surface area contributed by atoms with E-state index in [4.69, 9.17) is 9.73 Å². The van der Waals surface area contributed by atoms with Gasteiger partial charge in [0.1, 0.15) is 11.6 Å². The van der Waals surface area contributed by atoms with Crippen molar-refractivity contribution in [1.82, 2.24) is 0 Å². The van der Waals surface area contributed by atoms with Crippen molar-refractivity contribution < 1.29 is 4.74 Å². The maximum Gasteiger partial charge on any atom is 0.119 e. The van der Waals surface area contributed by atoms with Crippen LogP contribution in [-0.2, 0) is 0 Å². The minimum atomic E-state index is 0.261. The maximum atomic E-state index is 5.34. The zero-order valence-corrected chi connectivity index (χ0v) is 18.2. The van der Waals surface area contributed by atoms with E-state index in [1.807, 2.05) is 36.4 Å². The van der Waals surface area contributed by atoms with E-state index < -0.39 is 0 Å². The van der Waals surface area contributed by atoms with Crippen LogP contribution in [0.2, 0.25) is 0 Å². The molecular formula is C26H21BrN2O. The molecule has 0 radical (unpaired) electrons. The third-order valence-corrected chi connectivity index (χ3v) is 6.09. The quantitative estimate of drug-likeness (QED) is 0.321. The molecule has 0 N–H and O–H groups in total. The predicted octanol–water partition coefficient (Wildman–Crippen LogP) is 7.29. The van der Waals surface area contributed by atoms with Gasteiger partial charge in [-0.1, -0.05) is 52.3 Å². The molecule has 1 unspecified atom stereocenters. The molecule has 1 atom stereocenters. The van der Waals surface area contributed by atoms with Crippen LogP contribution < -0.4 is 9.64 Å². The summed E-state index contributed by atoms with van der Waals surface area (Å²) in [5, 5.41) is 2.53. The van der Waals surface area contributed by atoms with E-state index in [-0.39, 0.29) is 6.04 Å². The van der Waals surface area contributed by atoms with Gasteiger partial charge in [-0.05, 0) is 70.9 Å². The Morgan fingerprint density at radius 2 is 1.60 bits per heavy atom. The molecule has 30 heavy (non-hydrogen) atoms. The van der Waals surface area contributed by atoms with E-state index in [2.05, 4.69) is 75.4 Å². The number of nitrogens with zero attached hydrogens (tertiary/aromatic N) is 2. The number of amidine groups is 1. The number of halogens is 1. The number of ether oxygens (including phenoxy) is 1. The van der Waals surface area contributed by atoms with Gasteiger partial charge in [0, 0.05) is 16.6 Å². The molecule has 1 fully saturated rings. The van der Waals surface area contributed by atoms with Crippen LogP contribution in [-0.4, -0.2) is 12.9 Å². The van der Waals surface area contributed by atoms with Gasteiger partial charge in [-0.3, -0.25) is 0 Å². The molecule has 148 valence electrons. The fraction of sp³-hybridized carbons (Fsp3) is 0.115. The number of aliphatic imine (C=N–C) groups is 1. The first-order valence-corrected chi connectivity index (χ1v) is 10.8. The number of hydrogen-bond donors (Lipinski definition) is 0. The molecule has 1 aliphatic heterocycles. The Hall–Kier alpha value is -3.11. The van der Waals surface area contributed by atoms with E-state index in [0.29, 0.717) is 0 Å². The first-order valence-electron chi connectivity index (χ1n) is 9.96. The Morgan fingerprint density at radius 3 is 2.33 bits per heavy atom. The van der Waals surface area contributed by atoms with Crippen LogP contribution in [0.25, 0.3) is 10.8 Å². The van der Waals surface area contributed by atoms with Crippen molar-refractivity contribution in [2.24, 2.45) is 4.99 Å². The van der Waals surface area contributed by atoms with Crippen molar-refractivity contribution in [2.75, 3.05) is 12.0 Å². The Bertz CT molecular complexity index is 1220. The van der Waals surface area contributed by atoms with Gasteiger partial charge in [0.15, 0.2) is 0 Å². The van der Waals surface area contributed by atoms with Crippen LogP contribution in [0.15, 0.2) is 100 Å². The van der Waals surface area contributed by atoms with Crippen LogP contribution in [0.5, 0.6) is 5.75 Å². The molecular weight excluding hydrogens is 436 g/mol. The second-order valence-electron chi connectivity index (χ2n) is 7.40. The summed E-state index contributed by atoms with van der Waals surface area (Å²) in [4.78, 5) is 7.26. The molecule has 0 aromatic heterocycles. The summed E-state index contributed by atoms with van der Waals surface area (Å²) in [6.07, 6.45) is 0.903. The zero-order valence-electron chi connectivity index (χ0n) is 16.6. The highest BCUT2D eigenvalue weighted by Crippen LogP contribution is 2.41. The van der Waals surface area contributed by atoms with E-state index in [1.165, 1.54) is 16.3 Å². The third-order valence-electron chi connectivity index (χ3n) is 5.56. The first kappa shape index (κ1) is 18.9. The highest BCUT2D eigenvalue weighted by molar-refractivity contribution is 9.10. The lowest BCUT2D eigenvalue weighted by molar-refractivity contribution is 0.415. The third kappa shape index (κ3) is 3.59. The van der Waals surface area contributed by atoms with Crippen molar-refractivity contribution in [3.8, 4) is 5.75 Å². The molecule has 4 heteroatoms. The monoisotopic (exact) mass is 456 g/mol. The first-order chi connectivity index (χ1) is 14.7. The standard InChI is InChI=1S/C26H21BrN2O/c1-30-24-14-12-23(13-15-24)29-25(17-26(29)28-22-10-8-21(27)9-11-22)20-7-6-18-4-2-3-5-19(18)16-20/h2-16,25H,17H2,1H3. The second kappa shape index (κ2) is 7.96. The topological polar surface area (TPSA) is 24.8 Å². The minimum absolute atomic E-state index is 0.261. The highest BCUT2D eigenvalue weighted by atomic mass is 79.9. The molecule has 1 saturated heterocycles. The molecule has 0 spiro atoms. The number of fused-ring (bicyclic) bond motifs is 1. The Balaban J connectivity index is 1.53. The SMILES string of the molecule is COc1ccc(N2C(=Nc3ccc(Br)cc3)CC2c2ccc3ccccc3c2)cc1. The second-order valence-corrected chi connectivity index (χ2v) is 8.31. The molecule has 3 nitrogen and oxygen atoms in total. The van der Waals surface area contributed by atoms with Gasteiger partial charge in [-0.2, -0.15) is 0 Å². The van der Waals surface area contributed by atoms with Crippen LogP contribution in [0, 0.1) is 0 Å². The number of rotatable bonds is 4. The lowest BCUT2D eigenvalue weighted by Crippen LogP contribution is -2.46. The van der Waals surface area contributed by atoms with Gasteiger partial charge in [0.2, 0.25) is 0 Å². The summed E-state index contributed by atoms with van der Waals surface area (Å²) in [5.41, 5.74) is 3.39. The summed E-state index contributed by atoms with van der Waals surface area (Å²) < 4.78 is 6.40. The van der Waals surface area contributed by atoms with Gasteiger partial charge in [-0.25, -0.2) is 4.99 Å².